The highest BCUT2D eigenvalue weighted by Gasteiger charge is 2.35. The summed E-state index contributed by atoms with van der Waals surface area (Å²) >= 11 is 0. The van der Waals surface area contributed by atoms with E-state index in [1.54, 1.807) is 68.4 Å². The predicted octanol–water partition coefficient (Wildman–Crippen LogP) is 1.04. The fourth-order valence-electron chi connectivity index (χ4n) is 5.51. The number of carbonyl (C=O) groups is 7. The van der Waals surface area contributed by atoms with Crippen molar-refractivity contribution in [2.45, 2.75) is 96.4 Å². The molecule has 0 heterocycles. The zero-order chi connectivity index (χ0) is 40.2. The van der Waals surface area contributed by atoms with Gasteiger partial charge >= 0.3 is 0 Å². The van der Waals surface area contributed by atoms with Crippen LogP contribution in [0, 0.1) is 24.2 Å². The Balaban J connectivity index is 2.21. The topological polar surface area (TPSA) is 246 Å². The Hall–Kier alpha value is -5.59. The van der Waals surface area contributed by atoms with E-state index in [1.165, 1.54) is 12.4 Å². The lowest BCUT2D eigenvalue weighted by atomic mass is 9.90. The van der Waals surface area contributed by atoms with Crippen LogP contribution in [0.4, 0.5) is 0 Å². The number of amides is 6. The number of carbonyl (C=O) groups excluding carboxylic acids is 7. The quantitative estimate of drug-likeness (QED) is 0.0266. The van der Waals surface area contributed by atoms with Crippen molar-refractivity contribution in [3.63, 3.8) is 0 Å². The molecule has 54 heavy (non-hydrogen) atoms. The number of nitrogens with two attached hydrogens (primary N) is 1. The number of primary amides is 1. The Morgan fingerprint density at radius 2 is 1.41 bits per heavy atom. The second-order valence-corrected chi connectivity index (χ2v) is 13.4. The van der Waals surface area contributed by atoms with Crippen LogP contribution in [0.25, 0.3) is 0 Å². The van der Waals surface area contributed by atoms with Gasteiger partial charge in [-0.15, -0.1) is 12.3 Å². The van der Waals surface area contributed by atoms with Crippen molar-refractivity contribution in [1.82, 2.24) is 26.7 Å². The molecule has 2 rings (SSSR count). The first kappa shape index (κ1) is 44.6. The molecule has 292 valence electrons. The average molecular weight is 749 g/mol. The fraction of sp³-hybridized carbons (Fsp3) is 0.462. The van der Waals surface area contributed by atoms with Crippen molar-refractivity contribution in [1.29, 1.82) is 0 Å². The summed E-state index contributed by atoms with van der Waals surface area (Å²) in [6.45, 7) is 5.21. The van der Waals surface area contributed by atoms with Crippen LogP contribution in [0.5, 0.6) is 0 Å². The van der Waals surface area contributed by atoms with Crippen LogP contribution in [0.3, 0.4) is 0 Å². The maximum Gasteiger partial charge on any atom is 0.272 e. The minimum atomic E-state index is -1.90. The number of rotatable bonds is 23. The highest BCUT2D eigenvalue weighted by molar-refractivity contribution is 6.09. The summed E-state index contributed by atoms with van der Waals surface area (Å²) < 4.78 is 0. The molecular formula is C39H52N6O9. The van der Waals surface area contributed by atoms with Gasteiger partial charge in [-0.1, -0.05) is 68.4 Å². The number of ketones is 1. The van der Waals surface area contributed by atoms with E-state index in [1.807, 2.05) is 0 Å². The van der Waals surface area contributed by atoms with Gasteiger partial charge in [-0.3, -0.25) is 38.8 Å². The Bertz CT molecular complexity index is 1630. The van der Waals surface area contributed by atoms with E-state index in [-0.39, 0.29) is 36.9 Å². The molecule has 5 atom stereocenters. The average Bonchev–Trinajstić information content (AvgIpc) is 3.15. The third-order valence-corrected chi connectivity index (χ3v) is 8.53. The van der Waals surface area contributed by atoms with Gasteiger partial charge in [0, 0.05) is 36.9 Å². The van der Waals surface area contributed by atoms with Crippen LogP contribution in [0.15, 0.2) is 54.6 Å². The summed E-state index contributed by atoms with van der Waals surface area (Å²) in [7, 11) is 0. The number of aliphatic hydroxyl groups excluding tert-OH is 1. The smallest absolute Gasteiger partial charge is 0.272 e. The third-order valence-electron chi connectivity index (χ3n) is 8.53. The third kappa shape index (κ3) is 15.2. The van der Waals surface area contributed by atoms with Crippen LogP contribution in [-0.2, 0) is 35.2 Å². The molecule has 0 aromatic heterocycles. The lowest BCUT2D eigenvalue weighted by Crippen LogP contribution is -2.57. The van der Waals surface area contributed by atoms with E-state index in [9.17, 15) is 38.7 Å². The second kappa shape index (κ2) is 23.2. The number of unbranched alkanes of at least 4 members (excludes halogenated alkanes) is 2. The normalized spacial score (nSPS) is 13.6. The van der Waals surface area contributed by atoms with E-state index >= 15 is 0 Å². The summed E-state index contributed by atoms with van der Waals surface area (Å²) in [5.74, 6) is -3.70. The zero-order valence-electron chi connectivity index (χ0n) is 30.9. The Morgan fingerprint density at radius 3 is 2.00 bits per heavy atom. The monoisotopic (exact) mass is 748 g/mol. The first-order valence-electron chi connectivity index (χ1n) is 17.9. The van der Waals surface area contributed by atoms with Crippen molar-refractivity contribution < 1.29 is 43.9 Å². The first-order chi connectivity index (χ1) is 25.7. The molecule has 6 amide bonds. The maximum absolute atomic E-state index is 13.7. The molecule has 0 aliphatic heterocycles. The van der Waals surface area contributed by atoms with Gasteiger partial charge in [0.1, 0.15) is 24.2 Å². The molecule has 0 saturated carbocycles. The van der Waals surface area contributed by atoms with Crippen LogP contribution >= 0.6 is 0 Å². The summed E-state index contributed by atoms with van der Waals surface area (Å²) in [6.07, 6.45) is 5.72. The molecule has 1 unspecified atom stereocenters. The van der Waals surface area contributed by atoms with Gasteiger partial charge in [-0.2, -0.15) is 0 Å². The Labute approximate surface area is 315 Å². The van der Waals surface area contributed by atoms with Crippen LogP contribution in [0.2, 0.25) is 0 Å². The molecule has 9 N–H and O–H groups in total. The number of hydrogen-bond acceptors (Lipinski definition) is 9. The highest BCUT2D eigenvalue weighted by atomic mass is 16.5. The predicted molar refractivity (Wildman–Crippen MR) is 199 cm³/mol. The van der Waals surface area contributed by atoms with Gasteiger partial charge in [0.2, 0.25) is 29.5 Å². The van der Waals surface area contributed by atoms with E-state index in [2.05, 4.69) is 27.2 Å². The standard InChI is InChI=1S/C39H52N6O9/c1-5-6-8-16-32(46)41-21-12-11-15-30(35(40)49)43-38(52)31(23-26-17-19-28(20-18-26)33(47)27-13-9-7-10-14-27)44-36(50)25(4)42-37(51)29(22-24(2)3)34(48)39(53)45-54/h1,7,9-10,13-14,17-20,24-25,29-31,34,48,54H,6,8,11-12,15-16,21-23H2,2-4H3,(H2,40,49)(H,41,46)(H,42,51)(H,43,52)(H,44,50)(H,45,53)/t25-,29+,30?,31-,34-/m0/s1. The molecule has 0 spiro atoms. The van der Waals surface area contributed by atoms with Crippen molar-refractivity contribution in [3.05, 3.63) is 71.3 Å². The summed E-state index contributed by atoms with van der Waals surface area (Å²) in [6, 6.07) is 11.5. The van der Waals surface area contributed by atoms with Gasteiger partial charge < -0.3 is 32.1 Å². The molecule has 15 heteroatoms. The first-order valence-corrected chi connectivity index (χ1v) is 17.9. The van der Waals surface area contributed by atoms with E-state index in [0.29, 0.717) is 55.3 Å². The van der Waals surface area contributed by atoms with Gasteiger partial charge in [0.15, 0.2) is 5.78 Å². The number of benzene rings is 2. The summed E-state index contributed by atoms with van der Waals surface area (Å²) in [5, 5.41) is 29.8. The molecule has 0 radical (unpaired) electrons. The molecule has 15 nitrogen and oxygen atoms in total. The lowest BCUT2D eigenvalue weighted by molar-refractivity contribution is -0.147. The van der Waals surface area contributed by atoms with Crippen molar-refractivity contribution in [2.75, 3.05) is 6.54 Å². The lowest BCUT2D eigenvalue weighted by Gasteiger charge is -2.26. The molecule has 0 aliphatic rings. The molecule has 0 aliphatic carbocycles. The number of hydroxylamine groups is 1. The minimum Gasteiger partial charge on any atom is -0.382 e. The van der Waals surface area contributed by atoms with Gasteiger partial charge in [0.05, 0.1) is 5.92 Å². The van der Waals surface area contributed by atoms with Crippen molar-refractivity contribution in [3.8, 4) is 12.3 Å². The molecule has 2 aromatic rings. The van der Waals surface area contributed by atoms with Gasteiger partial charge in [0.25, 0.3) is 5.91 Å². The molecular weight excluding hydrogens is 696 g/mol. The van der Waals surface area contributed by atoms with Crippen molar-refractivity contribution in [2.24, 2.45) is 17.6 Å². The molecule has 0 saturated heterocycles. The van der Waals surface area contributed by atoms with Crippen LogP contribution in [0.1, 0.15) is 87.2 Å². The fourth-order valence-corrected chi connectivity index (χ4v) is 5.51. The maximum atomic E-state index is 13.7. The van der Waals surface area contributed by atoms with E-state index < -0.39 is 59.7 Å². The van der Waals surface area contributed by atoms with Crippen molar-refractivity contribution >= 4 is 41.2 Å². The number of terminal acetylenes is 1. The van der Waals surface area contributed by atoms with Gasteiger partial charge in [-0.25, -0.2) is 5.48 Å². The molecule has 0 bridgehead atoms. The molecule has 0 fully saturated rings. The zero-order valence-corrected chi connectivity index (χ0v) is 30.9. The summed E-state index contributed by atoms with van der Waals surface area (Å²) in [4.78, 5) is 89.3. The second-order valence-electron chi connectivity index (χ2n) is 13.4. The number of hydrogen-bond donors (Lipinski definition) is 8. The highest BCUT2D eigenvalue weighted by Crippen LogP contribution is 2.17. The SMILES string of the molecule is C#CCCCC(=O)NCCCCC(NC(=O)[C@H](Cc1ccc(C(=O)c2ccccc2)cc1)NC(=O)[C@H](C)NC(=O)[C@H](CC(C)C)[C@H](O)C(=O)NO)C(N)=O. The Morgan fingerprint density at radius 1 is 0.778 bits per heavy atom. The largest absolute Gasteiger partial charge is 0.382 e. The summed E-state index contributed by atoms with van der Waals surface area (Å²) in [5.41, 5.74) is 8.38. The van der Waals surface area contributed by atoms with Crippen LogP contribution in [-0.4, -0.2) is 82.3 Å². The van der Waals surface area contributed by atoms with Gasteiger partial charge in [-0.05, 0) is 50.5 Å². The number of aliphatic hydroxyl groups is 1. The Kier molecular flexibility index (Phi) is 19.1. The van der Waals surface area contributed by atoms with Crippen LogP contribution < -0.4 is 32.5 Å². The molecule has 2 aromatic carbocycles. The minimum absolute atomic E-state index is 0.0515. The van der Waals surface area contributed by atoms with E-state index in [0.717, 1.165) is 0 Å². The number of nitrogens with one attached hydrogen (secondary N) is 5. The van der Waals surface area contributed by atoms with E-state index in [4.69, 9.17) is 17.4 Å².